The summed E-state index contributed by atoms with van der Waals surface area (Å²) in [6.07, 6.45) is 0. The number of para-hydroxylation sites is 1. The first-order valence-corrected chi connectivity index (χ1v) is 3.16. The molecule has 0 aliphatic carbocycles. The predicted molar refractivity (Wildman–Crippen MR) is 42.3 cm³/mol. The zero-order valence-corrected chi connectivity index (χ0v) is 6.15. The van der Waals surface area contributed by atoms with Gasteiger partial charge in [-0.25, -0.2) is 0 Å². The number of nitro groups is 1. The number of hydrogen-bond acceptors (Lipinski definition) is 3. The highest BCUT2D eigenvalue weighted by Gasteiger charge is 2.15. The highest BCUT2D eigenvalue weighted by atomic mass is 16.6. The zero-order chi connectivity index (χ0) is 9.14. The first-order chi connectivity index (χ1) is 5.66. The molecule has 0 amide bonds. The van der Waals surface area contributed by atoms with Crippen molar-refractivity contribution < 1.29 is 4.92 Å². The van der Waals surface area contributed by atoms with Gasteiger partial charge in [0.2, 0.25) is 0 Å². The lowest BCUT2D eigenvalue weighted by Gasteiger charge is -1.96. The Labute approximate surface area is 69.2 Å². The third-order valence-corrected chi connectivity index (χ3v) is 1.42. The van der Waals surface area contributed by atoms with E-state index in [0.717, 1.165) is 0 Å². The van der Waals surface area contributed by atoms with Crippen LogP contribution in [0.2, 0.25) is 0 Å². The van der Waals surface area contributed by atoms with Crippen molar-refractivity contribution in [2.24, 2.45) is 0 Å². The van der Waals surface area contributed by atoms with Gasteiger partial charge < -0.3 is 0 Å². The lowest BCUT2D eigenvalue weighted by Crippen LogP contribution is -1.94. The summed E-state index contributed by atoms with van der Waals surface area (Å²) in [5.74, 6) is 0. The van der Waals surface area contributed by atoms with Crippen LogP contribution in [0.25, 0.3) is 0 Å². The van der Waals surface area contributed by atoms with Crippen molar-refractivity contribution in [1.29, 1.82) is 5.26 Å². The average Bonchev–Trinajstić information content (AvgIpc) is 2.03. The normalized spacial score (nSPS) is 9.00. The molecule has 1 rings (SSSR count). The maximum atomic E-state index is 10.4. The summed E-state index contributed by atoms with van der Waals surface area (Å²) in [4.78, 5) is 9.82. The number of hydrogen-bond donors (Lipinski definition) is 0. The van der Waals surface area contributed by atoms with Crippen molar-refractivity contribution in [3.8, 4) is 6.07 Å². The summed E-state index contributed by atoms with van der Waals surface area (Å²) in [5, 5.41) is 18.9. The lowest BCUT2D eigenvalue weighted by molar-refractivity contribution is -0.385. The largest absolute Gasteiger partial charge is 0.290 e. The van der Waals surface area contributed by atoms with E-state index in [1.807, 2.05) is 0 Å². The van der Waals surface area contributed by atoms with E-state index in [-0.39, 0.29) is 16.8 Å². The number of nitro benzene ring substituents is 1. The third kappa shape index (κ3) is 1.25. The van der Waals surface area contributed by atoms with E-state index in [1.165, 1.54) is 12.1 Å². The van der Waals surface area contributed by atoms with E-state index < -0.39 is 4.92 Å². The Bertz CT molecular complexity index is 366. The van der Waals surface area contributed by atoms with Crippen LogP contribution in [0.4, 0.5) is 5.69 Å². The molecule has 0 spiro atoms. The van der Waals surface area contributed by atoms with Crippen LogP contribution in [0.15, 0.2) is 18.2 Å². The molecular weight excluding hydrogens is 156 g/mol. The van der Waals surface area contributed by atoms with Gasteiger partial charge in [0.25, 0.3) is 5.69 Å². The summed E-state index contributed by atoms with van der Waals surface area (Å²) in [5.41, 5.74) is 0.103. The molecule has 0 N–H and O–H groups in total. The molecule has 0 unspecified atom stereocenters. The molecule has 1 radical (unpaired) electrons. The van der Waals surface area contributed by atoms with E-state index in [2.05, 4.69) is 6.92 Å². The molecule has 4 nitrogen and oxygen atoms in total. The molecule has 0 saturated carbocycles. The summed E-state index contributed by atoms with van der Waals surface area (Å²) >= 11 is 0. The lowest BCUT2D eigenvalue weighted by atomic mass is 10.1. The van der Waals surface area contributed by atoms with E-state index in [4.69, 9.17) is 5.26 Å². The summed E-state index contributed by atoms with van der Waals surface area (Å²) < 4.78 is 0. The highest BCUT2D eigenvalue weighted by molar-refractivity contribution is 5.54. The standard InChI is InChI=1S/C8H5N2O2/c1-6-3-2-4-7(5-9)8(6)10(11)12/h2-4H,1H2. The Balaban J connectivity index is 3.42. The Hall–Kier alpha value is -1.89. The van der Waals surface area contributed by atoms with Gasteiger partial charge in [0.05, 0.1) is 4.92 Å². The Morgan fingerprint density at radius 1 is 1.58 bits per heavy atom. The molecule has 0 heterocycles. The van der Waals surface area contributed by atoms with Gasteiger partial charge in [0.1, 0.15) is 11.6 Å². The minimum atomic E-state index is -0.596. The Morgan fingerprint density at radius 2 is 2.25 bits per heavy atom. The maximum absolute atomic E-state index is 10.4. The van der Waals surface area contributed by atoms with Crippen molar-refractivity contribution in [2.75, 3.05) is 0 Å². The van der Waals surface area contributed by atoms with Gasteiger partial charge in [-0.15, -0.1) is 0 Å². The molecule has 0 atom stereocenters. The summed E-state index contributed by atoms with van der Waals surface area (Å²) in [6.45, 7) is 3.46. The van der Waals surface area contributed by atoms with E-state index >= 15 is 0 Å². The monoisotopic (exact) mass is 161 g/mol. The first-order valence-electron chi connectivity index (χ1n) is 3.16. The molecule has 0 aliphatic heterocycles. The third-order valence-electron chi connectivity index (χ3n) is 1.42. The minimum absolute atomic E-state index is 0.0486. The Kier molecular flexibility index (Phi) is 2.06. The minimum Gasteiger partial charge on any atom is -0.258 e. The van der Waals surface area contributed by atoms with Gasteiger partial charge in [-0.1, -0.05) is 12.1 Å². The van der Waals surface area contributed by atoms with Crippen LogP contribution in [-0.2, 0) is 0 Å². The second-order valence-corrected chi connectivity index (χ2v) is 2.18. The fourth-order valence-corrected chi connectivity index (χ4v) is 0.897. The van der Waals surface area contributed by atoms with Gasteiger partial charge in [0, 0.05) is 5.56 Å². The number of benzene rings is 1. The SMILES string of the molecule is [CH2]c1cccc(C#N)c1[N+](=O)[O-]. The second-order valence-electron chi connectivity index (χ2n) is 2.18. The smallest absolute Gasteiger partial charge is 0.258 e. The van der Waals surface area contributed by atoms with Gasteiger partial charge in [0.15, 0.2) is 0 Å². The van der Waals surface area contributed by atoms with Crippen molar-refractivity contribution in [3.05, 3.63) is 46.4 Å². The van der Waals surface area contributed by atoms with Gasteiger partial charge in [-0.05, 0) is 13.0 Å². The number of nitrogens with zero attached hydrogens (tertiary/aromatic N) is 2. The molecule has 59 valence electrons. The average molecular weight is 161 g/mol. The topological polar surface area (TPSA) is 66.9 Å². The second kappa shape index (κ2) is 3.01. The molecule has 12 heavy (non-hydrogen) atoms. The molecular formula is C8H5N2O2. The maximum Gasteiger partial charge on any atom is 0.290 e. The van der Waals surface area contributed by atoms with Crippen molar-refractivity contribution >= 4 is 5.69 Å². The molecule has 4 heteroatoms. The van der Waals surface area contributed by atoms with Crippen molar-refractivity contribution in [3.63, 3.8) is 0 Å². The van der Waals surface area contributed by atoms with Crippen LogP contribution in [-0.4, -0.2) is 4.92 Å². The van der Waals surface area contributed by atoms with Crippen LogP contribution < -0.4 is 0 Å². The summed E-state index contributed by atoms with van der Waals surface area (Å²) in [7, 11) is 0. The molecule has 0 fully saturated rings. The van der Waals surface area contributed by atoms with E-state index in [1.54, 1.807) is 12.1 Å². The molecule has 0 bridgehead atoms. The highest BCUT2D eigenvalue weighted by Crippen LogP contribution is 2.21. The van der Waals surface area contributed by atoms with Crippen molar-refractivity contribution in [1.82, 2.24) is 0 Å². The van der Waals surface area contributed by atoms with Gasteiger partial charge in [-0.3, -0.25) is 10.1 Å². The van der Waals surface area contributed by atoms with Crippen LogP contribution in [0, 0.1) is 28.4 Å². The van der Waals surface area contributed by atoms with Crippen LogP contribution >= 0.6 is 0 Å². The predicted octanol–water partition coefficient (Wildman–Crippen LogP) is 1.65. The molecule has 1 aromatic rings. The fourth-order valence-electron chi connectivity index (χ4n) is 0.897. The molecule has 0 aliphatic rings. The quantitative estimate of drug-likeness (QED) is 0.464. The molecule has 0 aromatic heterocycles. The van der Waals surface area contributed by atoms with Gasteiger partial charge in [-0.2, -0.15) is 5.26 Å². The van der Waals surface area contributed by atoms with Gasteiger partial charge >= 0.3 is 0 Å². The Morgan fingerprint density at radius 3 is 2.67 bits per heavy atom. The molecule has 0 saturated heterocycles. The van der Waals surface area contributed by atoms with Crippen LogP contribution in [0.1, 0.15) is 11.1 Å². The van der Waals surface area contributed by atoms with E-state index in [9.17, 15) is 10.1 Å². The number of nitriles is 1. The molecule has 1 aromatic carbocycles. The van der Waals surface area contributed by atoms with Crippen LogP contribution in [0.5, 0.6) is 0 Å². The van der Waals surface area contributed by atoms with Crippen LogP contribution in [0.3, 0.4) is 0 Å². The fraction of sp³-hybridized carbons (Fsp3) is 0. The van der Waals surface area contributed by atoms with E-state index in [0.29, 0.717) is 0 Å². The van der Waals surface area contributed by atoms with Crippen molar-refractivity contribution in [2.45, 2.75) is 0 Å². The first kappa shape index (κ1) is 8.21. The summed E-state index contributed by atoms with van der Waals surface area (Å²) in [6, 6.07) is 6.19. The number of rotatable bonds is 1. The zero-order valence-electron chi connectivity index (χ0n) is 6.15.